The number of carbonyl (C=O) groups is 1. The van der Waals surface area contributed by atoms with Gasteiger partial charge in [0.05, 0.1) is 4.92 Å². The number of nitro groups is 1. The molecule has 1 N–H and O–H groups in total. The van der Waals surface area contributed by atoms with Gasteiger partial charge in [-0.05, 0) is 30.9 Å². The van der Waals surface area contributed by atoms with Gasteiger partial charge in [-0.3, -0.25) is 14.9 Å². The van der Waals surface area contributed by atoms with Gasteiger partial charge in [-0.1, -0.05) is 13.8 Å². The minimum atomic E-state index is -0.498. The fourth-order valence-corrected chi connectivity index (χ4v) is 2.18. The van der Waals surface area contributed by atoms with Crippen molar-refractivity contribution < 1.29 is 9.72 Å². The molecule has 0 fully saturated rings. The zero-order valence-electron chi connectivity index (χ0n) is 11.9. The van der Waals surface area contributed by atoms with Crippen LogP contribution in [0.25, 0.3) is 0 Å². The van der Waals surface area contributed by atoms with Gasteiger partial charge in [0, 0.05) is 29.6 Å². The predicted molar refractivity (Wildman–Crippen MR) is 79.3 cm³/mol. The number of nitrogens with one attached hydrogen (secondary N) is 1. The number of hydrogen-bond acceptors (Lipinski definition) is 3. The number of benzene rings is 1. The molecule has 0 saturated carbocycles. The molecule has 20 heavy (non-hydrogen) atoms. The molecule has 0 heterocycles. The Balaban J connectivity index is 2.94. The van der Waals surface area contributed by atoms with Crippen LogP contribution in [0.1, 0.15) is 36.2 Å². The minimum Gasteiger partial charge on any atom is -0.349 e. The maximum Gasteiger partial charge on any atom is 0.270 e. The maximum atomic E-state index is 12.2. The number of rotatable bonds is 6. The lowest BCUT2D eigenvalue weighted by molar-refractivity contribution is -0.384. The van der Waals surface area contributed by atoms with E-state index in [1.165, 1.54) is 12.1 Å². The standard InChI is InChI=1S/C14H19ClN2O3/c1-9(2)13(4-5-15)16-14(18)11-6-10(3)7-12(8-11)17(19)20/h6-9,13H,4-5H2,1-3H3,(H,16,18). The van der Waals surface area contributed by atoms with Crippen molar-refractivity contribution in [3.8, 4) is 0 Å². The van der Waals surface area contributed by atoms with Crippen LogP contribution in [0.4, 0.5) is 5.69 Å². The fraction of sp³-hybridized carbons (Fsp3) is 0.500. The number of non-ortho nitro benzene ring substituents is 1. The highest BCUT2D eigenvalue weighted by Gasteiger charge is 2.18. The average molecular weight is 299 g/mol. The number of halogens is 1. The number of hydrogen-bond donors (Lipinski definition) is 1. The van der Waals surface area contributed by atoms with Crippen LogP contribution in [0.15, 0.2) is 18.2 Å². The van der Waals surface area contributed by atoms with E-state index in [-0.39, 0.29) is 23.6 Å². The number of nitrogens with zero attached hydrogens (tertiary/aromatic N) is 1. The highest BCUT2D eigenvalue weighted by molar-refractivity contribution is 6.17. The fourth-order valence-electron chi connectivity index (χ4n) is 1.94. The lowest BCUT2D eigenvalue weighted by Gasteiger charge is -2.21. The molecule has 1 atom stereocenters. The topological polar surface area (TPSA) is 72.2 Å². The van der Waals surface area contributed by atoms with Crippen LogP contribution in [0.2, 0.25) is 0 Å². The molecule has 0 spiro atoms. The van der Waals surface area contributed by atoms with Crippen LogP contribution < -0.4 is 5.32 Å². The minimum absolute atomic E-state index is 0.0421. The van der Waals surface area contributed by atoms with Crippen LogP contribution in [-0.2, 0) is 0 Å². The SMILES string of the molecule is Cc1cc(C(=O)NC(CCCl)C(C)C)cc([N+](=O)[O-])c1. The van der Waals surface area contributed by atoms with Crippen molar-refractivity contribution in [1.29, 1.82) is 0 Å². The second kappa shape index (κ2) is 7.24. The predicted octanol–water partition coefficient (Wildman–Crippen LogP) is 3.29. The van der Waals surface area contributed by atoms with Crippen LogP contribution >= 0.6 is 11.6 Å². The smallest absolute Gasteiger partial charge is 0.270 e. The van der Waals surface area contributed by atoms with Crippen LogP contribution in [0.5, 0.6) is 0 Å². The molecule has 1 aromatic carbocycles. The van der Waals surface area contributed by atoms with Gasteiger partial charge in [0.1, 0.15) is 0 Å². The van der Waals surface area contributed by atoms with E-state index in [1.807, 2.05) is 13.8 Å². The summed E-state index contributed by atoms with van der Waals surface area (Å²) < 4.78 is 0. The maximum absolute atomic E-state index is 12.2. The van der Waals surface area contributed by atoms with Gasteiger partial charge in [0.2, 0.25) is 0 Å². The molecule has 0 saturated heterocycles. The normalized spacial score (nSPS) is 12.2. The summed E-state index contributed by atoms with van der Waals surface area (Å²) in [6, 6.07) is 4.33. The van der Waals surface area contributed by atoms with Crippen LogP contribution in [0, 0.1) is 23.0 Å². The Morgan fingerprint density at radius 1 is 1.40 bits per heavy atom. The lowest BCUT2D eigenvalue weighted by atomic mass is 10.0. The monoisotopic (exact) mass is 298 g/mol. The van der Waals surface area contributed by atoms with Crippen molar-refractivity contribution in [3.63, 3.8) is 0 Å². The number of nitro benzene ring substituents is 1. The molecule has 1 aromatic rings. The third-order valence-corrected chi connectivity index (χ3v) is 3.29. The third-order valence-electron chi connectivity index (χ3n) is 3.08. The number of aryl methyl sites for hydroxylation is 1. The zero-order chi connectivity index (χ0) is 15.3. The summed E-state index contributed by atoms with van der Waals surface area (Å²) in [5.74, 6) is 0.398. The van der Waals surface area contributed by atoms with Crippen molar-refractivity contribution in [2.45, 2.75) is 33.2 Å². The van der Waals surface area contributed by atoms with Gasteiger partial charge < -0.3 is 5.32 Å². The summed E-state index contributed by atoms with van der Waals surface area (Å²) in [6.45, 7) is 5.72. The van der Waals surface area contributed by atoms with E-state index in [0.29, 0.717) is 23.4 Å². The number of carbonyl (C=O) groups excluding carboxylic acids is 1. The van der Waals surface area contributed by atoms with Crippen LogP contribution in [-0.4, -0.2) is 22.8 Å². The average Bonchev–Trinajstić information content (AvgIpc) is 2.37. The molecule has 1 amide bonds. The summed E-state index contributed by atoms with van der Waals surface area (Å²) in [4.78, 5) is 22.5. The highest BCUT2D eigenvalue weighted by atomic mass is 35.5. The third kappa shape index (κ3) is 4.49. The molecule has 1 unspecified atom stereocenters. The van der Waals surface area contributed by atoms with E-state index < -0.39 is 4.92 Å². The van der Waals surface area contributed by atoms with E-state index in [4.69, 9.17) is 11.6 Å². The largest absolute Gasteiger partial charge is 0.349 e. The number of amides is 1. The zero-order valence-corrected chi connectivity index (χ0v) is 12.6. The summed E-state index contributed by atoms with van der Waals surface area (Å²) >= 11 is 5.72. The van der Waals surface area contributed by atoms with E-state index in [1.54, 1.807) is 13.0 Å². The van der Waals surface area contributed by atoms with Gasteiger partial charge in [-0.25, -0.2) is 0 Å². The molecule has 6 heteroatoms. The molecule has 0 aromatic heterocycles. The van der Waals surface area contributed by atoms with E-state index >= 15 is 0 Å². The molecular weight excluding hydrogens is 280 g/mol. The van der Waals surface area contributed by atoms with E-state index in [9.17, 15) is 14.9 Å². The van der Waals surface area contributed by atoms with Crippen molar-refractivity contribution in [1.82, 2.24) is 5.32 Å². The molecule has 0 aliphatic carbocycles. The Morgan fingerprint density at radius 2 is 2.05 bits per heavy atom. The van der Waals surface area contributed by atoms with Gasteiger partial charge in [0.25, 0.3) is 11.6 Å². The summed E-state index contributed by atoms with van der Waals surface area (Å²) in [6.07, 6.45) is 0.666. The Morgan fingerprint density at radius 3 is 2.55 bits per heavy atom. The molecule has 0 aliphatic rings. The summed E-state index contributed by atoms with van der Waals surface area (Å²) in [7, 11) is 0. The number of alkyl halides is 1. The summed E-state index contributed by atoms with van der Waals surface area (Å²) in [5, 5.41) is 13.7. The quantitative estimate of drug-likeness (QED) is 0.497. The van der Waals surface area contributed by atoms with Crippen molar-refractivity contribution in [3.05, 3.63) is 39.4 Å². The van der Waals surface area contributed by atoms with Crippen molar-refractivity contribution >= 4 is 23.2 Å². The molecule has 5 nitrogen and oxygen atoms in total. The second-order valence-corrected chi connectivity index (χ2v) is 5.49. The molecule has 0 aliphatic heterocycles. The Bertz CT molecular complexity index is 503. The van der Waals surface area contributed by atoms with E-state index in [0.717, 1.165) is 0 Å². The van der Waals surface area contributed by atoms with Crippen molar-refractivity contribution in [2.75, 3.05) is 5.88 Å². The van der Waals surface area contributed by atoms with Gasteiger partial charge in [0.15, 0.2) is 0 Å². The Kier molecular flexibility index (Phi) is 5.95. The first-order chi connectivity index (χ1) is 9.35. The highest BCUT2D eigenvalue weighted by Crippen LogP contribution is 2.17. The first kappa shape index (κ1) is 16.4. The molecular formula is C14H19ClN2O3. The van der Waals surface area contributed by atoms with Gasteiger partial charge >= 0.3 is 0 Å². The molecule has 110 valence electrons. The van der Waals surface area contributed by atoms with Crippen molar-refractivity contribution in [2.24, 2.45) is 5.92 Å². The van der Waals surface area contributed by atoms with Crippen LogP contribution in [0.3, 0.4) is 0 Å². The lowest BCUT2D eigenvalue weighted by Crippen LogP contribution is -2.38. The Labute approximate surface area is 123 Å². The van der Waals surface area contributed by atoms with Gasteiger partial charge in [-0.15, -0.1) is 11.6 Å². The molecule has 1 rings (SSSR count). The summed E-state index contributed by atoms with van der Waals surface area (Å²) in [5.41, 5.74) is 0.910. The second-order valence-electron chi connectivity index (χ2n) is 5.12. The van der Waals surface area contributed by atoms with Gasteiger partial charge in [-0.2, -0.15) is 0 Å². The Hall–Kier alpha value is -1.62. The van der Waals surface area contributed by atoms with E-state index in [2.05, 4.69) is 5.32 Å². The first-order valence-electron chi connectivity index (χ1n) is 6.48. The first-order valence-corrected chi connectivity index (χ1v) is 7.01. The molecule has 0 radical (unpaired) electrons. The molecule has 0 bridgehead atoms.